The van der Waals surface area contributed by atoms with Gasteiger partial charge in [-0.15, -0.1) is 11.3 Å². The Kier molecular flexibility index (Phi) is 5.44. The molecule has 3 rings (SSSR count). The van der Waals surface area contributed by atoms with Gasteiger partial charge < -0.3 is 10.1 Å². The van der Waals surface area contributed by atoms with E-state index in [1.165, 1.54) is 23.6 Å². The average Bonchev–Trinajstić information content (AvgIpc) is 3.19. The zero-order valence-corrected chi connectivity index (χ0v) is 15.1. The van der Waals surface area contributed by atoms with E-state index in [0.29, 0.717) is 10.7 Å². The van der Waals surface area contributed by atoms with Crippen molar-refractivity contribution in [3.8, 4) is 23.1 Å². The van der Waals surface area contributed by atoms with E-state index in [9.17, 15) is 15.4 Å². The molecule has 0 bridgehead atoms. The zero-order chi connectivity index (χ0) is 19.2. The fourth-order valence-corrected chi connectivity index (χ4v) is 3.13. The number of nitriles is 1. The second-order valence-electron chi connectivity index (χ2n) is 5.35. The second-order valence-corrected chi connectivity index (χ2v) is 6.21. The topological polar surface area (TPSA) is 101 Å². The van der Waals surface area contributed by atoms with Gasteiger partial charge in [0.15, 0.2) is 0 Å². The maximum Gasteiger partial charge on any atom is 0.292 e. The summed E-state index contributed by atoms with van der Waals surface area (Å²) in [7, 11) is 1.60. The first kappa shape index (κ1) is 18.1. The largest absolute Gasteiger partial charge is 0.497 e. The Bertz CT molecular complexity index is 1040. The molecule has 134 valence electrons. The van der Waals surface area contributed by atoms with Gasteiger partial charge in [-0.3, -0.25) is 10.1 Å². The zero-order valence-electron chi connectivity index (χ0n) is 14.2. The van der Waals surface area contributed by atoms with Crippen molar-refractivity contribution in [3.63, 3.8) is 0 Å². The lowest BCUT2D eigenvalue weighted by Gasteiger charge is -2.02. The molecule has 0 amide bonds. The number of aromatic nitrogens is 1. The lowest BCUT2D eigenvalue weighted by molar-refractivity contribution is -0.383. The molecule has 0 aliphatic rings. The van der Waals surface area contributed by atoms with Crippen LogP contribution in [0.15, 0.2) is 60.1 Å². The fraction of sp³-hybridized carbons (Fsp3) is 0.0526. The Labute approximate surface area is 159 Å². The first-order valence-corrected chi connectivity index (χ1v) is 8.71. The minimum Gasteiger partial charge on any atom is -0.497 e. The number of nitrogens with one attached hydrogen (secondary N) is 1. The van der Waals surface area contributed by atoms with Gasteiger partial charge in [-0.25, -0.2) is 4.98 Å². The second kappa shape index (κ2) is 8.12. The Balaban J connectivity index is 1.84. The van der Waals surface area contributed by atoms with Crippen molar-refractivity contribution >= 4 is 28.3 Å². The molecule has 1 heterocycles. The van der Waals surface area contributed by atoms with Crippen molar-refractivity contribution < 1.29 is 9.66 Å². The number of hydrogen-bond acceptors (Lipinski definition) is 7. The predicted molar refractivity (Wildman–Crippen MR) is 104 cm³/mol. The molecule has 0 aliphatic heterocycles. The van der Waals surface area contributed by atoms with Gasteiger partial charge in [-0.2, -0.15) is 5.26 Å². The summed E-state index contributed by atoms with van der Waals surface area (Å²) < 4.78 is 5.14. The Morgan fingerprint density at radius 1 is 1.30 bits per heavy atom. The minimum absolute atomic E-state index is 0.0656. The lowest BCUT2D eigenvalue weighted by atomic mass is 10.2. The predicted octanol–water partition coefficient (Wildman–Crippen LogP) is 4.70. The minimum atomic E-state index is -0.479. The number of nitro benzene ring substituents is 1. The van der Waals surface area contributed by atoms with E-state index >= 15 is 0 Å². The summed E-state index contributed by atoms with van der Waals surface area (Å²) in [5, 5.41) is 25.7. The van der Waals surface area contributed by atoms with Gasteiger partial charge in [0, 0.05) is 23.2 Å². The number of nitrogens with zero attached hydrogens (tertiary/aromatic N) is 3. The molecule has 0 atom stereocenters. The fourth-order valence-electron chi connectivity index (χ4n) is 2.34. The molecule has 0 radical (unpaired) electrons. The van der Waals surface area contributed by atoms with Crippen molar-refractivity contribution in [2.24, 2.45) is 0 Å². The van der Waals surface area contributed by atoms with Gasteiger partial charge in [0.05, 0.1) is 17.7 Å². The standard InChI is InChI=1S/C19H14N4O3S/c1-26-15-8-6-13(7-9-15)17-12-27-19(22-17)14(10-20)11-21-16-4-2-3-5-18(16)23(24)25/h2-9,11-12,21H,1H3/b14-11-. The Hall–Kier alpha value is -3.70. The average molecular weight is 378 g/mol. The highest BCUT2D eigenvalue weighted by atomic mass is 32.1. The van der Waals surface area contributed by atoms with E-state index in [0.717, 1.165) is 17.0 Å². The van der Waals surface area contributed by atoms with Crippen LogP contribution in [0.1, 0.15) is 5.01 Å². The van der Waals surface area contributed by atoms with E-state index in [2.05, 4.69) is 16.4 Å². The maximum atomic E-state index is 11.1. The third-order valence-electron chi connectivity index (χ3n) is 3.71. The molecule has 7 nitrogen and oxygen atoms in total. The number of anilines is 1. The van der Waals surface area contributed by atoms with Crippen LogP contribution in [-0.4, -0.2) is 17.0 Å². The highest BCUT2D eigenvalue weighted by Crippen LogP contribution is 2.28. The number of para-hydroxylation sites is 2. The van der Waals surface area contributed by atoms with Crippen molar-refractivity contribution in [2.45, 2.75) is 0 Å². The molecule has 0 unspecified atom stereocenters. The molecule has 0 spiro atoms. The number of allylic oxidation sites excluding steroid dienone is 1. The molecule has 3 aromatic rings. The van der Waals surface area contributed by atoms with Gasteiger partial charge in [0.25, 0.3) is 5.69 Å². The molecule has 0 saturated heterocycles. The van der Waals surface area contributed by atoms with Crippen LogP contribution in [0.2, 0.25) is 0 Å². The van der Waals surface area contributed by atoms with E-state index < -0.39 is 4.92 Å². The summed E-state index contributed by atoms with van der Waals surface area (Å²) >= 11 is 1.33. The summed E-state index contributed by atoms with van der Waals surface area (Å²) in [6.45, 7) is 0. The summed E-state index contributed by atoms with van der Waals surface area (Å²) in [6.07, 6.45) is 1.43. The van der Waals surface area contributed by atoms with Crippen LogP contribution in [0.3, 0.4) is 0 Å². The number of rotatable bonds is 6. The van der Waals surface area contributed by atoms with Crippen molar-refractivity contribution in [1.82, 2.24) is 4.98 Å². The van der Waals surface area contributed by atoms with Crippen LogP contribution in [-0.2, 0) is 0 Å². The molecule has 8 heteroatoms. The lowest BCUT2D eigenvalue weighted by Crippen LogP contribution is -1.96. The van der Waals surface area contributed by atoms with E-state index in [4.69, 9.17) is 4.74 Å². The Morgan fingerprint density at radius 3 is 2.70 bits per heavy atom. The van der Waals surface area contributed by atoms with Crippen LogP contribution in [0, 0.1) is 21.4 Å². The molecule has 2 aromatic carbocycles. The number of hydrogen-bond donors (Lipinski definition) is 1. The summed E-state index contributed by atoms with van der Waals surface area (Å²) in [6, 6.07) is 15.8. The van der Waals surface area contributed by atoms with Crippen molar-refractivity contribution in [2.75, 3.05) is 12.4 Å². The van der Waals surface area contributed by atoms with Gasteiger partial charge in [-0.05, 0) is 30.3 Å². The maximum absolute atomic E-state index is 11.1. The molecular weight excluding hydrogens is 364 g/mol. The summed E-state index contributed by atoms with van der Waals surface area (Å²) in [5.74, 6) is 0.750. The van der Waals surface area contributed by atoms with Crippen LogP contribution in [0.4, 0.5) is 11.4 Å². The molecule has 27 heavy (non-hydrogen) atoms. The number of benzene rings is 2. The molecule has 0 saturated carbocycles. The number of methoxy groups -OCH3 is 1. The van der Waals surface area contributed by atoms with Crippen molar-refractivity contribution in [3.05, 3.63) is 75.2 Å². The number of thiazole rings is 1. The summed E-state index contributed by atoms with van der Waals surface area (Å²) in [5.41, 5.74) is 2.18. The van der Waals surface area contributed by atoms with Gasteiger partial charge in [0.2, 0.25) is 0 Å². The highest BCUT2D eigenvalue weighted by molar-refractivity contribution is 7.11. The highest BCUT2D eigenvalue weighted by Gasteiger charge is 2.13. The van der Waals surface area contributed by atoms with Crippen LogP contribution in [0.25, 0.3) is 16.8 Å². The van der Waals surface area contributed by atoms with E-state index in [1.54, 1.807) is 25.3 Å². The first-order valence-electron chi connectivity index (χ1n) is 7.83. The molecule has 0 aliphatic carbocycles. The smallest absolute Gasteiger partial charge is 0.292 e. The normalized spacial score (nSPS) is 10.9. The SMILES string of the molecule is COc1ccc(-c2csc(/C(C#N)=C\Nc3ccccc3[N+](=O)[O-])n2)cc1. The molecule has 1 N–H and O–H groups in total. The van der Waals surface area contributed by atoms with Gasteiger partial charge in [0.1, 0.15) is 28.1 Å². The molecular formula is C19H14N4O3S. The third kappa shape index (κ3) is 4.11. The van der Waals surface area contributed by atoms with Gasteiger partial charge >= 0.3 is 0 Å². The van der Waals surface area contributed by atoms with Crippen LogP contribution >= 0.6 is 11.3 Å². The molecule has 0 fully saturated rings. The first-order chi connectivity index (χ1) is 13.1. The van der Waals surface area contributed by atoms with Gasteiger partial charge in [-0.1, -0.05) is 12.1 Å². The van der Waals surface area contributed by atoms with Crippen LogP contribution in [0.5, 0.6) is 5.75 Å². The number of ether oxygens (including phenoxy) is 1. The van der Waals surface area contributed by atoms with Crippen LogP contribution < -0.4 is 10.1 Å². The number of nitro groups is 1. The van der Waals surface area contributed by atoms with Crippen molar-refractivity contribution in [1.29, 1.82) is 5.26 Å². The summed E-state index contributed by atoms with van der Waals surface area (Å²) in [4.78, 5) is 15.1. The Morgan fingerprint density at radius 2 is 2.04 bits per heavy atom. The third-order valence-corrected chi connectivity index (χ3v) is 4.59. The molecule has 1 aromatic heterocycles. The monoisotopic (exact) mass is 378 g/mol. The van der Waals surface area contributed by atoms with E-state index in [1.807, 2.05) is 29.6 Å². The quantitative estimate of drug-likeness (QED) is 0.379. The van der Waals surface area contributed by atoms with E-state index in [-0.39, 0.29) is 11.3 Å².